The summed E-state index contributed by atoms with van der Waals surface area (Å²) in [5.74, 6) is -0.754. The topological polar surface area (TPSA) is 43.4 Å². The minimum atomic E-state index is -5.54. The zero-order chi connectivity index (χ0) is 12.1. The van der Waals surface area contributed by atoms with Gasteiger partial charge >= 0.3 is 15.6 Å². The van der Waals surface area contributed by atoms with Gasteiger partial charge in [-0.3, -0.25) is 4.18 Å². The highest BCUT2D eigenvalue weighted by molar-refractivity contribution is 7.87. The second-order valence-corrected chi connectivity index (χ2v) is 5.84. The van der Waals surface area contributed by atoms with Crippen molar-refractivity contribution in [2.75, 3.05) is 0 Å². The third kappa shape index (κ3) is 1.92. The molecule has 0 aromatic rings. The highest BCUT2D eigenvalue weighted by atomic mass is 32.2. The summed E-state index contributed by atoms with van der Waals surface area (Å²) < 4.78 is 74.7. The van der Waals surface area contributed by atoms with Crippen LogP contribution in [0.5, 0.6) is 0 Å². The second-order valence-electron chi connectivity index (χ2n) is 4.28. The first-order valence-corrected chi connectivity index (χ1v) is 6.25. The van der Waals surface area contributed by atoms with E-state index in [1.807, 2.05) is 0 Å². The molecule has 0 aromatic heterocycles. The van der Waals surface area contributed by atoms with Gasteiger partial charge in [0.05, 0.1) is 6.10 Å². The largest absolute Gasteiger partial charge is 0.523 e. The minimum absolute atomic E-state index is 0.0567. The van der Waals surface area contributed by atoms with E-state index >= 15 is 0 Å². The third-order valence-corrected chi connectivity index (χ3v) is 4.31. The molecular weight excluding hydrogens is 252 g/mol. The average molecular weight is 262 g/mol. The summed E-state index contributed by atoms with van der Waals surface area (Å²) in [6.07, 6.45) is -1.47. The highest BCUT2D eigenvalue weighted by Gasteiger charge is 2.53. The Bertz CT molecular complexity index is 375. The van der Waals surface area contributed by atoms with Gasteiger partial charge in [-0.25, -0.2) is 4.39 Å². The Morgan fingerprint density at radius 3 is 2.06 bits per heavy atom. The molecule has 0 spiro atoms. The van der Waals surface area contributed by atoms with Crippen LogP contribution in [0.3, 0.4) is 0 Å². The summed E-state index contributed by atoms with van der Waals surface area (Å²) in [6, 6.07) is 0. The fourth-order valence-electron chi connectivity index (χ4n) is 2.49. The molecule has 4 atom stereocenters. The Hall–Kier alpha value is -0.370. The first-order chi connectivity index (χ1) is 7.21. The summed E-state index contributed by atoms with van der Waals surface area (Å²) >= 11 is 0. The van der Waals surface area contributed by atoms with Crippen LogP contribution in [0.15, 0.2) is 0 Å². The molecule has 0 saturated heterocycles. The Labute approximate surface area is 89.9 Å². The number of hydrogen-bond donors (Lipinski definition) is 0. The van der Waals surface area contributed by atoms with Crippen LogP contribution >= 0.6 is 0 Å². The molecule has 2 rings (SSSR count). The molecule has 8 heteroatoms. The number of hydrogen-bond acceptors (Lipinski definition) is 3. The molecule has 0 aromatic carbocycles. The molecule has 2 bridgehead atoms. The lowest BCUT2D eigenvalue weighted by Crippen LogP contribution is -2.34. The fraction of sp³-hybridized carbons (Fsp3) is 1.00. The van der Waals surface area contributed by atoms with Gasteiger partial charge in [0.25, 0.3) is 0 Å². The summed E-state index contributed by atoms with van der Waals surface area (Å²) in [7, 11) is -5.54. The maximum absolute atomic E-state index is 13.0. The number of rotatable bonds is 2. The molecule has 0 amide bonds. The van der Waals surface area contributed by atoms with E-state index < -0.39 is 33.8 Å². The minimum Gasteiger partial charge on any atom is -0.260 e. The highest BCUT2D eigenvalue weighted by Crippen LogP contribution is 2.48. The lowest BCUT2D eigenvalue weighted by atomic mass is 9.96. The standard InChI is InChI=1S/C8H10F4O3S/c9-6-2-5-1-4(6)3-7(5)15-16(13,14)8(10,11)12/h4-7H,1-3H2. The lowest BCUT2D eigenvalue weighted by Gasteiger charge is -2.23. The summed E-state index contributed by atoms with van der Waals surface area (Å²) in [5, 5.41) is 0. The zero-order valence-corrected chi connectivity index (χ0v) is 8.89. The van der Waals surface area contributed by atoms with Gasteiger partial charge in [0.15, 0.2) is 0 Å². The SMILES string of the molecule is O=S(=O)(OC1CC2CC1CC2F)C(F)(F)F. The van der Waals surface area contributed by atoms with E-state index in [0.29, 0.717) is 6.42 Å². The molecule has 2 saturated carbocycles. The Kier molecular flexibility index (Phi) is 2.69. The smallest absolute Gasteiger partial charge is 0.260 e. The van der Waals surface area contributed by atoms with E-state index in [1.165, 1.54) is 0 Å². The molecule has 0 aliphatic heterocycles. The van der Waals surface area contributed by atoms with E-state index in [0.717, 1.165) is 0 Å². The Morgan fingerprint density at radius 1 is 1.06 bits per heavy atom. The van der Waals surface area contributed by atoms with Crippen LogP contribution in [-0.4, -0.2) is 26.2 Å². The van der Waals surface area contributed by atoms with E-state index in [1.54, 1.807) is 0 Å². The summed E-state index contributed by atoms with van der Waals surface area (Å²) in [4.78, 5) is 0. The van der Waals surface area contributed by atoms with Crippen LogP contribution in [0.25, 0.3) is 0 Å². The molecule has 0 N–H and O–H groups in total. The van der Waals surface area contributed by atoms with Gasteiger partial charge in [-0.2, -0.15) is 21.6 Å². The average Bonchev–Trinajstić information content (AvgIpc) is 2.59. The quantitative estimate of drug-likeness (QED) is 0.434. The van der Waals surface area contributed by atoms with Crippen molar-refractivity contribution in [1.82, 2.24) is 0 Å². The maximum Gasteiger partial charge on any atom is 0.523 e. The van der Waals surface area contributed by atoms with Gasteiger partial charge in [-0.1, -0.05) is 0 Å². The fourth-order valence-corrected chi connectivity index (χ4v) is 3.16. The van der Waals surface area contributed by atoms with E-state index in [2.05, 4.69) is 4.18 Å². The van der Waals surface area contributed by atoms with Crippen LogP contribution in [0.4, 0.5) is 17.6 Å². The molecule has 2 aliphatic carbocycles. The number of halogens is 4. The third-order valence-electron chi connectivity index (χ3n) is 3.24. The number of alkyl halides is 4. The van der Waals surface area contributed by atoms with Crippen molar-refractivity contribution >= 4 is 10.1 Å². The van der Waals surface area contributed by atoms with Gasteiger partial charge in [-0.05, 0) is 31.1 Å². The molecule has 2 aliphatic rings. The van der Waals surface area contributed by atoms with Crippen molar-refractivity contribution in [3.63, 3.8) is 0 Å². The Balaban J connectivity index is 2.04. The molecule has 0 heterocycles. The van der Waals surface area contributed by atoms with Crippen molar-refractivity contribution < 1.29 is 30.2 Å². The van der Waals surface area contributed by atoms with Gasteiger partial charge in [0.2, 0.25) is 0 Å². The predicted octanol–water partition coefficient (Wildman–Crippen LogP) is 1.99. The van der Waals surface area contributed by atoms with Crippen LogP contribution < -0.4 is 0 Å². The first kappa shape index (κ1) is 12.1. The van der Waals surface area contributed by atoms with Crippen LogP contribution in [-0.2, 0) is 14.3 Å². The molecule has 94 valence electrons. The van der Waals surface area contributed by atoms with E-state index in [-0.39, 0.29) is 18.8 Å². The van der Waals surface area contributed by atoms with E-state index in [4.69, 9.17) is 0 Å². The molecule has 4 unspecified atom stereocenters. The maximum atomic E-state index is 13.0. The van der Waals surface area contributed by atoms with Crippen LogP contribution in [0.1, 0.15) is 19.3 Å². The molecular formula is C8H10F4O3S. The second kappa shape index (κ2) is 3.56. The first-order valence-electron chi connectivity index (χ1n) is 4.84. The van der Waals surface area contributed by atoms with Gasteiger partial charge in [0, 0.05) is 0 Å². The Morgan fingerprint density at radius 2 is 1.69 bits per heavy atom. The monoisotopic (exact) mass is 262 g/mol. The van der Waals surface area contributed by atoms with Crippen molar-refractivity contribution in [2.45, 2.75) is 37.0 Å². The van der Waals surface area contributed by atoms with Gasteiger partial charge < -0.3 is 0 Å². The normalized spacial score (nSPS) is 39.2. The van der Waals surface area contributed by atoms with Gasteiger partial charge in [0.1, 0.15) is 6.17 Å². The van der Waals surface area contributed by atoms with Crippen molar-refractivity contribution in [2.24, 2.45) is 11.8 Å². The van der Waals surface area contributed by atoms with Crippen molar-refractivity contribution in [3.05, 3.63) is 0 Å². The zero-order valence-electron chi connectivity index (χ0n) is 8.08. The van der Waals surface area contributed by atoms with Crippen LogP contribution in [0.2, 0.25) is 0 Å². The molecule has 16 heavy (non-hydrogen) atoms. The molecule has 0 radical (unpaired) electrons. The summed E-state index contributed by atoms with van der Waals surface area (Å²) in [6.45, 7) is 0. The summed E-state index contributed by atoms with van der Waals surface area (Å²) in [5.41, 5.74) is -5.40. The molecule has 3 nitrogen and oxygen atoms in total. The number of fused-ring (bicyclic) bond motifs is 2. The lowest BCUT2D eigenvalue weighted by molar-refractivity contribution is -0.0598. The predicted molar refractivity (Wildman–Crippen MR) is 45.6 cm³/mol. The van der Waals surface area contributed by atoms with Crippen molar-refractivity contribution in [1.29, 1.82) is 0 Å². The van der Waals surface area contributed by atoms with Crippen LogP contribution in [0, 0.1) is 11.8 Å². The molecule has 2 fully saturated rings. The van der Waals surface area contributed by atoms with Gasteiger partial charge in [-0.15, -0.1) is 0 Å². The van der Waals surface area contributed by atoms with E-state index in [9.17, 15) is 26.0 Å². The van der Waals surface area contributed by atoms with Crippen molar-refractivity contribution in [3.8, 4) is 0 Å².